The van der Waals surface area contributed by atoms with Gasteiger partial charge in [0.2, 0.25) is 17.6 Å². The molecule has 0 fully saturated rings. The van der Waals surface area contributed by atoms with Crippen LogP contribution in [0.5, 0.6) is 0 Å². The van der Waals surface area contributed by atoms with E-state index < -0.39 is 28.4 Å². The van der Waals surface area contributed by atoms with Crippen molar-refractivity contribution in [3.63, 3.8) is 0 Å². The molecule has 0 aliphatic carbocycles. The first-order valence-electron chi connectivity index (χ1n) is 8.69. The first-order chi connectivity index (χ1) is 13.9. The van der Waals surface area contributed by atoms with Crippen molar-refractivity contribution in [2.24, 2.45) is 0 Å². The Balaban J connectivity index is 1.41. The van der Waals surface area contributed by atoms with Gasteiger partial charge in [-0.2, -0.15) is 4.98 Å². The number of hydrogen-bond donors (Lipinski definition) is 1. The van der Waals surface area contributed by atoms with Gasteiger partial charge in [0.25, 0.3) is 15.9 Å². The van der Waals surface area contributed by atoms with Gasteiger partial charge in [-0.25, -0.2) is 12.7 Å². The predicted octanol–water partition coefficient (Wildman–Crippen LogP) is 1.51. The summed E-state index contributed by atoms with van der Waals surface area (Å²) in [5.74, 6) is -0.847. The zero-order valence-electron chi connectivity index (χ0n) is 15.3. The van der Waals surface area contributed by atoms with E-state index in [-0.39, 0.29) is 22.9 Å². The number of carbonyl (C=O) groups is 2. The first-order valence-corrected chi connectivity index (χ1v) is 10.1. The van der Waals surface area contributed by atoms with Crippen molar-refractivity contribution in [1.29, 1.82) is 0 Å². The summed E-state index contributed by atoms with van der Waals surface area (Å²) in [5.41, 5.74) is 1.87. The Morgan fingerprint density at radius 3 is 2.72 bits per heavy atom. The molecular weight excluding hydrogens is 396 g/mol. The number of aryl methyl sites for hydroxylation is 1. The molecule has 3 aromatic rings. The molecule has 0 saturated heterocycles. The van der Waals surface area contributed by atoms with Crippen molar-refractivity contribution in [3.05, 3.63) is 65.5 Å². The molecule has 1 aliphatic heterocycles. The minimum Gasteiger partial charge on any atom is -0.345 e. The van der Waals surface area contributed by atoms with Crippen LogP contribution in [0, 0.1) is 6.92 Å². The summed E-state index contributed by atoms with van der Waals surface area (Å²) < 4.78 is 30.6. The van der Waals surface area contributed by atoms with E-state index in [4.69, 9.17) is 4.52 Å². The molecule has 10 heteroatoms. The van der Waals surface area contributed by atoms with E-state index in [1.165, 1.54) is 18.2 Å². The van der Waals surface area contributed by atoms with Crippen LogP contribution >= 0.6 is 0 Å². The zero-order chi connectivity index (χ0) is 20.6. The largest absolute Gasteiger partial charge is 0.345 e. The van der Waals surface area contributed by atoms with E-state index in [9.17, 15) is 18.0 Å². The lowest BCUT2D eigenvalue weighted by atomic mass is 10.1. The molecule has 9 nitrogen and oxygen atoms in total. The third-order valence-electron chi connectivity index (χ3n) is 4.38. The second-order valence-corrected chi connectivity index (χ2v) is 8.30. The molecule has 4 rings (SSSR count). The number of sulfonamides is 1. The molecule has 2 heterocycles. The van der Waals surface area contributed by atoms with Crippen LogP contribution in [0.3, 0.4) is 0 Å². The van der Waals surface area contributed by atoms with Crippen LogP contribution < -0.4 is 5.32 Å². The summed E-state index contributed by atoms with van der Waals surface area (Å²) in [6.07, 6.45) is 0. The van der Waals surface area contributed by atoms with Crippen LogP contribution in [-0.4, -0.2) is 41.2 Å². The minimum absolute atomic E-state index is 0.0556. The Kier molecular flexibility index (Phi) is 4.63. The number of amides is 2. The molecule has 0 bridgehead atoms. The molecule has 0 atom stereocenters. The maximum atomic E-state index is 12.5. The Morgan fingerprint density at radius 2 is 1.97 bits per heavy atom. The van der Waals surface area contributed by atoms with Crippen molar-refractivity contribution in [1.82, 2.24) is 19.8 Å². The van der Waals surface area contributed by atoms with Crippen molar-refractivity contribution in [3.8, 4) is 11.4 Å². The fourth-order valence-electron chi connectivity index (χ4n) is 2.98. The number of carbonyl (C=O) groups excluding carboxylic acids is 2. The fraction of sp³-hybridized carbons (Fsp3) is 0.158. The SMILES string of the molecule is Cc1cccc(-c2noc(CNC(=O)CN3C(=O)c4ccccc4S3(=O)=O)n2)c1. The maximum absolute atomic E-state index is 12.5. The highest BCUT2D eigenvalue weighted by Gasteiger charge is 2.41. The normalized spacial score (nSPS) is 14.7. The summed E-state index contributed by atoms with van der Waals surface area (Å²) >= 11 is 0. The van der Waals surface area contributed by atoms with Gasteiger partial charge in [0.15, 0.2) is 0 Å². The van der Waals surface area contributed by atoms with Gasteiger partial charge < -0.3 is 9.84 Å². The summed E-state index contributed by atoms with van der Waals surface area (Å²) in [6, 6.07) is 13.4. The lowest BCUT2D eigenvalue weighted by Gasteiger charge is -2.14. The smallest absolute Gasteiger partial charge is 0.269 e. The van der Waals surface area contributed by atoms with Crippen molar-refractivity contribution in [2.75, 3.05) is 6.54 Å². The van der Waals surface area contributed by atoms with E-state index in [0.29, 0.717) is 10.1 Å². The van der Waals surface area contributed by atoms with Gasteiger partial charge >= 0.3 is 0 Å². The summed E-state index contributed by atoms with van der Waals surface area (Å²) in [7, 11) is -4.04. The quantitative estimate of drug-likeness (QED) is 0.674. The highest BCUT2D eigenvalue weighted by atomic mass is 32.2. The first kappa shape index (κ1) is 18.8. The van der Waals surface area contributed by atoms with Crippen LogP contribution in [0.2, 0.25) is 0 Å². The fourth-order valence-corrected chi connectivity index (χ4v) is 4.50. The van der Waals surface area contributed by atoms with Crippen LogP contribution in [0.1, 0.15) is 21.8 Å². The third kappa shape index (κ3) is 3.49. The number of nitrogens with one attached hydrogen (secondary N) is 1. The molecule has 1 aromatic heterocycles. The van der Waals surface area contributed by atoms with Crippen molar-refractivity contribution in [2.45, 2.75) is 18.4 Å². The van der Waals surface area contributed by atoms with Gasteiger partial charge in [0, 0.05) is 5.56 Å². The summed E-state index contributed by atoms with van der Waals surface area (Å²) in [4.78, 5) is 28.7. The van der Waals surface area contributed by atoms with Gasteiger partial charge in [-0.15, -0.1) is 0 Å². The molecule has 0 spiro atoms. The number of benzene rings is 2. The average Bonchev–Trinajstić information content (AvgIpc) is 3.25. The number of hydrogen-bond acceptors (Lipinski definition) is 7. The highest BCUT2D eigenvalue weighted by Crippen LogP contribution is 2.29. The van der Waals surface area contributed by atoms with E-state index >= 15 is 0 Å². The van der Waals surface area contributed by atoms with E-state index in [1.807, 2.05) is 31.2 Å². The second kappa shape index (κ2) is 7.13. The lowest BCUT2D eigenvalue weighted by Crippen LogP contribution is -2.40. The van der Waals surface area contributed by atoms with Crippen LogP contribution in [0.4, 0.5) is 0 Å². The third-order valence-corrected chi connectivity index (χ3v) is 6.17. The number of fused-ring (bicyclic) bond motifs is 1. The number of nitrogens with zero attached hydrogens (tertiary/aromatic N) is 3. The maximum Gasteiger partial charge on any atom is 0.269 e. The van der Waals surface area contributed by atoms with Crippen molar-refractivity contribution >= 4 is 21.8 Å². The molecule has 2 aromatic carbocycles. The molecule has 1 N–H and O–H groups in total. The molecule has 1 aliphatic rings. The Bertz CT molecular complexity index is 1220. The Hall–Kier alpha value is -3.53. The van der Waals surface area contributed by atoms with E-state index in [2.05, 4.69) is 15.5 Å². The average molecular weight is 412 g/mol. The van der Waals surface area contributed by atoms with Gasteiger partial charge in [0.05, 0.1) is 12.1 Å². The molecule has 2 amide bonds. The summed E-state index contributed by atoms with van der Waals surface area (Å²) in [5, 5.41) is 6.37. The van der Waals surface area contributed by atoms with E-state index in [1.54, 1.807) is 6.07 Å². The number of aromatic nitrogens is 2. The van der Waals surface area contributed by atoms with Crippen LogP contribution in [0.15, 0.2) is 57.9 Å². The second-order valence-electron chi connectivity index (χ2n) is 6.47. The van der Waals surface area contributed by atoms with Crippen LogP contribution in [0.25, 0.3) is 11.4 Å². The molecular formula is C19H16N4O5S. The highest BCUT2D eigenvalue weighted by molar-refractivity contribution is 7.90. The van der Waals surface area contributed by atoms with Gasteiger partial charge in [0.1, 0.15) is 11.4 Å². The van der Waals surface area contributed by atoms with Gasteiger partial charge in [-0.1, -0.05) is 41.1 Å². The summed E-state index contributed by atoms with van der Waals surface area (Å²) in [6.45, 7) is 1.22. The minimum atomic E-state index is -4.04. The van der Waals surface area contributed by atoms with Crippen molar-refractivity contribution < 1.29 is 22.5 Å². The van der Waals surface area contributed by atoms with Gasteiger partial charge in [-0.05, 0) is 25.1 Å². The van der Waals surface area contributed by atoms with E-state index in [0.717, 1.165) is 11.1 Å². The molecule has 0 unspecified atom stereocenters. The molecule has 29 heavy (non-hydrogen) atoms. The Morgan fingerprint density at radius 1 is 1.17 bits per heavy atom. The predicted molar refractivity (Wildman–Crippen MR) is 101 cm³/mol. The van der Waals surface area contributed by atoms with Crippen LogP contribution in [-0.2, 0) is 21.4 Å². The molecule has 0 saturated carbocycles. The zero-order valence-corrected chi connectivity index (χ0v) is 16.1. The van der Waals surface area contributed by atoms with Gasteiger partial charge in [-0.3, -0.25) is 9.59 Å². The lowest BCUT2D eigenvalue weighted by molar-refractivity contribution is -0.121. The monoisotopic (exact) mass is 412 g/mol. The standard InChI is InChI=1S/C19H16N4O5S/c1-12-5-4-6-13(9-12)18-21-17(28-22-18)10-20-16(24)11-23-19(25)14-7-2-3-8-15(14)29(23,26)27/h2-9H,10-11H2,1H3,(H,20,24). The topological polar surface area (TPSA) is 122 Å². The molecule has 148 valence electrons. The molecule has 0 radical (unpaired) electrons. The Labute approximate surface area is 166 Å². The number of rotatable bonds is 5.